The van der Waals surface area contributed by atoms with Crippen LogP contribution in [0.1, 0.15) is 10.4 Å². The van der Waals surface area contributed by atoms with Gasteiger partial charge in [-0.2, -0.15) is 0 Å². The first-order valence-electron chi connectivity index (χ1n) is 6.56. The second-order valence-corrected chi connectivity index (χ2v) is 6.71. The molecule has 2 rings (SSSR count). The summed E-state index contributed by atoms with van der Waals surface area (Å²) in [6, 6.07) is 7.79. The standard InChI is InChI=1S/C15H14ClNO6S/c1-22-13-6-4-10(16)8-14(13)24(20,21)17-11-5-3-9(7-12(11)18)15(19)23-2/h3-8,17-18H,1-2H3. The van der Waals surface area contributed by atoms with Gasteiger partial charge in [-0.05, 0) is 36.4 Å². The van der Waals surface area contributed by atoms with E-state index in [4.69, 9.17) is 16.3 Å². The smallest absolute Gasteiger partial charge is 0.337 e. The molecular weight excluding hydrogens is 358 g/mol. The van der Waals surface area contributed by atoms with Crippen LogP contribution in [0.4, 0.5) is 5.69 Å². The number of aromatic hydroxyl groups is 1. The van der Waals surface area contributed by atoms with Crippen LogP contribution < -0.4 is 9.46 Å². The topological polar surface area (TPSA) is 102 Å². The number of sulfonamides is 1. The average molecular weight is 372 g/mol. The molecule has 0 aliphatic rings. The van der Waals surface area contributed by atoms with Crippen molar-refractivity contribution >= 4 is 33.3 Å². The molecule has 0 heterocycles. The Morgan fingerprint density at radius 2 is 1.88 bits per heavy atom. The van der Waals surface area contributed by atoms with Crippen molar-refractivity contribution in [2.24, 2.45) is 0 Å². The molecule has 0 radical (unpaired) electrons. The molecule has 7 nitrogen and oxygen atoms in total. The fraction of sp³-hybridized carbons (Fsp3) is 0.133. The minimum Gasteiger partial charge on any atom is -0.506 e. The Kier molecular flexibility index (Phi) is 5.20. The van der Waals surface area contributed by atoms with Crippen molar-refractivity contribution < 1.29 is 27.8 Å². The molecule has 0 fully saturated rings. The van der Waals surface area contributed by atoms with Crippen LogP contribution in [0.25, 0.3) is 0 Å². The zero-order valence-electron chi connectivity index (χ0n) is 12.7. The number of hydrogen-bond acceptors (Lipinski definition) is 6. The van der Waals surface area contributed by atoms with Gasteiger partial charge in [0.1, 0.15) is 16.4 Å². The molecule has 0 saturated heterocycles. The van der Waals surface area contributed by atoms with Gasteiger partial charge < -0.3 is 14.6 Å². The lowest BCUT2D eigenvalue weighted by atomic mass is 10.2. The van der Waals surface area contributed by atoms with Gasteiger partial charge in [0.25, 0.3) is 10.0 Å². The van der Waals surface area contributed by atoms with Gasteiger partial charge in [0.05, 0.1) is 25.5 Å². The fourth-order valence-corrected chi connectivity index (χ4v) is 3.43. The van der Waals surface area contributed by atoms with E-state index in [-0.39, 0.29) is 26.9 Å². The first-order chi connectivity index (χ1) is 11.3. The van der Waals surface area contributed by atoms with E-state index in [2.05, 4.69) is 9.46 Å². The maximum absolute atomic E-state index is 12.5. The van der Waals surface area contributed by atoms with Crippen molar-refractivity contribution in [2.45, 2.75) is 4.90 Å². The molecule has 0 saturated carbocycles. The lowest BCUT2D eigenvalue weighted by molar-refractivity contribution is 0.0600. The van der Waals surface area contributed by atoms with Gasteiger partial charge in [-0.1, -0.05) is 11.6 Å². The predicted octanol–water partition coefficient (Wildman–Crippen LogP) is 2.64. The Hall–Kier alpha value is -2.45. The van der Waals surface area contributed by atoms with Crippen LogP contribution in [-0.2, 0) is 14.8 Å². The van der Waals surface area contributed by atoms with Crippen molar-refractivity contribution in [1.29, 1.82) is 0 Å². The summed E-state index contributed by atoms with van der Waals surface area (Å²) in [5.41, 5.74) is -0.0250. The Morgan fingerprint density at radius 3 is 2.46 bits per heavy atom. The molecule has 0 aliphatic carbocycles. The summed E-state index contributed by atoms with van der Waals surface area (Å²) in [5.74, 6) is -0.990. The van der Waals surface area contributed by atoms with E-state index in [1.54, 1.807) is 0 Å². The summed E-state index contributed by atoms with van der Waals surface area (Å²) < 4.78 is 36.8. The third-order valence-corrected chi connectivity index (χ3v) is 4.70. The van der Waals surface area contributed by atoms with E-state index in [0.29, 0.717) is 0 Å². The van der Waals surface area contributed by atoms with Gasteiger partial charge in [0.2, 0.25) is 0 Å². The van der Waals surface area contributed by atoms with Crippen LogP contribution in [0, 0.1) is 0 Å². The van der Waals surface area contributed by atoms with Gasteiger partial charge in [-0.15, -0.1) is 0 Å². The van der Waals surface area contributed by atoms with Crippen molar-refractivity contribution in [3.8, 4) is 11.5 Å². The monoisotopic (exact) mass is 371 g/mol. The Bertz CT molecular complexity index is 882. The van der Waals surface area contributed by atoms with E-state index < -0.39 is 21.7 Å². The molecule has 0 unspecified atom stereocenters. The predicted molar refractivity (Wildman–Crippen MR) is 88.3 cm³/mol. The van der Waals surface area contributed by atoms with Crippen molar-refractivity contribution in [3.63, 3.8) is 0 Å². The van der Waals surface area contributed by atoms with Crippen LogP contribution in [0.5, 0.6) is 11.5 Å². The van der Waals surface area contributed by atoms with Gasteiger partial charge in [-0.3, -0.25) is 4.72 Å². The number of ether oxygens (including phenoxy) is 2. The highest BCUT2D eigenvalue weighted by atomic mass is 35.5. The Labute approximate surface area is 143 Å². The Balaban J connectivity index is 2.40. The van der Waals surface area contributed by atoms with E-state index in [0.717, 1.165) is 6.07 Å². The number of halogens is 1. The SMILES string of the molecule is COC(=O)c1ccc(NS(=O)(=O)c2cc(Cl)ccc2OC)c(O)c1. The molecule has 2 aromatic carbocycles. The molecule has 2 N–H and O–H groups in total. The summed E-state index contributed by atoms with van der Waals surface area (Å²) in [4.78, 5) is 11.2. The van der Waals surface area contributed by atoms with E-state index in [9.17, 15) is 18.3 Å². The third kappa shape index (κ3) is 3.72. The molecule has 0 bridgehead atoms. The molecule has 2 aromatic rings. The summed E-state index contributed by atoms with van der Waals surface area (Å²) >= 11 is 5.84. The molecule has 9 heteroatoms. The minimum atomic E-state index is -4.08. The van der Waals surface area contributed by atoms with E-state index in [1.807, 2.05) is 0 Å². The van der Waals surface area contributed by atoms with Gasteiger partial charge in [0.15, 0.2) is 0 Å². The number of carbonyl (C=O) groups excluding carboxylic acids is 1. The number of nitrogens with one attached hydrogen (secondary N) is 1. The Morgan fingerprint density at radius 1 is 1.17 bits per heavy atom. The van der Waals surface area contributed by atoms with Crippen molar-refractivity contribution in [3.05, 3.63) is 47.0 Å². The normalized spacial score (nSPS) is 11.0. The fourth-order valence-electron chi connectivity index (χ4n) is 1.92. The number of esters is 1. The lowest BCUT2D eigenvalue weighted by Gasteiger charge is -2.13. The van der Waals surface area contributed by atoms with Gasteiger partial charge >= 0.3 is 5.97 Å². The number of phenols is 1. The highest BCUT2D eigenvalue weighted by molar-refractivity contribution is 7.92. The third-order valence-electron chi connectivity index (χ3n) is 3.08. The highest BCUT2D eigenvalue weighted by Gasteiger charge is 2.22. The second-order valence-electron chi connectivity index (χ2n) is 4.62. The molecule has 0 aliphatic heterocycles. The van der Waals surface area contributed by atoms with Gasteiger partial charge in [-0.25, -0.2) is 13.2 Å². The first-order valence-corrected chi connectivity index (χ1v) is 8.42. The van der Waals surface area contributed by atoms with Crippen LogP contribution in [-0.4, -0.2) is 33.7 Å². The first kappa shape index (κ1) is 17.9. The number of hydrogen-bond donors (Lipinski definition) is 2. The molecular formula is C15H14ClNO6S. The van der Waals surface area contributed by atoms with Crippen LogP contribution >= 0.6 is 11.6 Å². The number of carbonyl (C=O) groups is 1. The summed E-state index contributed by atoms with van der Waals surface area (Å²) in [6.07, 6.45) is 0. The molecule has 0 aromatic heterocycles. The number of anilines is 1. The zero-order chi connectivity index (χ0) is 17.9. The zero-order valence-corrected chi connectivity index (χ0v) is 14.3. The summed E-state index contributed by atoms with van der Waals surface area (Å²) in [5, 5.41) is 10.1. The molecule has 128 valence electrons. The number of rotatable bonds is 5. The summed E-state index contributed by atoms with van der Waals surface area (Å²) in [6.45, 7) is 0. The number of phenolic OH excluding ortho intramolecular Hbond substituents is 1. The maximum Gasteiger partial charge on any atom is 0.337 e. The second kappa shape index (κ2) is 6.98. The lowest BCUT2D eigenvalue weighted by Crippen LogP contribution is -2.14. The van der Waals surface area contributed by atoms with Gasteiger partial charge in [0, 0.05) is 5.02 Å². The number of benzene rings is 2. The maximum atomic E-state index is 12.5. The summed E-state index contributed by atoms with van der Waals surface area (Å²) in [7, 11) is -1.56. The van der Waals surface area contributed by atoms with E-state index >= 15 is 0 Å². The largest absolute Gasteiger partial charge is 0.506 e. The van der Waals surface area contributed by atoms with Crippen molar-refractivity contribution in [1.82, 2.24) is 0 Å². The molecule has 24 heavy (non-hydrogen) atoms. The van der Waals surface area contributed by atoms with Crippen LogP contribution in [0.3, 0.4) is 0 Å². The van der Waals surface area contributed by atoms with Crippen LogP contribution in [0.15, 0.2) is 41.3 Å². The quantitative estimate of drug-likeness (QED) is 0.618. The van der Waals surface area contributed by atoms with Crippen molar-refractivity contribution in [2.75, 3.05) is 18.9 Å². The molecule has 0 spiro atoms. The van der Waals surface area contributed by atoms with Crippen LogP contribution in [0.2, 0.25) is 5.02 Å². The van der Waals surface area contributed by atoms with E-state index in [1.165, 1.54) is 44.6 Å². The highest BCUT2D eigenvalue weighted by Crippen LogP contribution is 2.31. The average Bonchev–Trinajstić information content (AvgIpc) is 2.55. The molecule has 0 amide bonds. The minimum absolute atomic E-state index is 0.0817. The molecule has 0 atom stereocenters. The number of methoxy groups -OCH3 is 2.